The highest BCUT2D eigenvalue weighted by molar-refractivity contribution is 8.00. The van der Waals surface area contributed by atoms with E-state index >= 15 is 0 Å². The summed E-state index contributed by atoms with van der Waals surface area (Å²) < 4.78 is 5.72. The van der Waals surface area contributed by atoms with Gasteiger partial charge in [0.2, 0.25) is 0 Å². The van der Waals surface area contributed by atoms with Gasteiger partial charge in [-0.25, -0.2) is 0 Å². The largest absolute Gasteiger partial charge is 0.487 e. The summed E-state index contributed by atoms with van der Waals surface area (Å²) in [6, 6.07) is 5.77. The first-order valence-corrected chi connectivity index (χ1v) is 6.49. The van der Waals surface area contributed by atoms with Gasteiger partial charge in [-0.2, -0.15) is 11.8 Å². The molecular weight excluding hydrogens is 230 g/mol. The minimum Gasteiger partial charge on any atom is -0.487 e. The predicted molar refractivity (Wildman–Crippen MR) is 65.8 cm³/mol. The summed E-state index contributed by atoms with van der Waals surface area (Å²) in [5, 5.41) is 0.654. The minimum atomic E-state index is 0.0100. The van der Waals surface area contributed by atoms with E-state index in [0.29, 0.717) is 11.1 Å². The van der Waals surface area contributed by atoms with Crippen molar-refractivity contribution in [3.63, 3.8) is 0 Å². The highest BCUT2D eigenvalue weighted by Gasteiger charge is 2.20. The van der Waals surface area contributed by atoms with Crippen LogP contribution in [0.5, 0.6) is 5.75 Å². The second-order valence-electron chi connectivity index (χ2n) is 3.76. The molecule has 0 bridgehead atoms. The van der Waals surface area contributed by atoms with Crippen molar-refractivity contribution >= 4 is 23.4 Å². The van der Waals surface area contributed by atoms with E-state index in [4.69, 9.17) is 22.1 Å². The molecule has 1 aliphatic rings. The van der Waals surface area contributed by atoms with Crippen molar-refractivity contribution in [1.29, 1.82) is 0 Å². The summed E-state index contributed by atoms with van der Waals surface area (Å²) in [6.07, 6.45) is 0.327. The van der Waals surface area contributed by atoms with Crippen molar-refractivity contribution in [2.45, 2.75) is 19.1 Å². The van der Waals surface area contributed by atoms with E-state index < -0.39 is 0 Å². The van der Waals surface area contributed by atoms with Gasteiger partial charge in [0.1, 0.15) is 11.9 Å². The van der Waals surface area contributed by atoms with Crippen LogP contribution in [0, 0.1) is 0 Å². The molecule has 0 saturated carbocycles. The van der Waals surface area contributed by atoms with Gasteiger partial charge >= 0.3 is 0 Å². The lowest BCUT2D eigenvalue weighted by Crippen LogP contribution is -2.31. The van der Waals surface area contributed by atoms with Crippen LogP contribution in [0.1, 0.15) is 18.5 Å². The molecule has 1 aliphatic heterocycles. The van der Waals surface area contributed by atoms with Crippen LogP contribution in [-0.4, -0.2) is 17.6 Å². The highest BCUT2D eigenvalue weighted by Crippen LogP contribution is 2.31. The molecule has 0 spiro atoms. The van der Waals surface area contributed by atoms with Crippen molar-refractivity contribution in [3.8, 4) is 5.75 Å². The summed E-state index contributed by atoms with van der Waals surface area (Å²) in [4.78, 5) is 0. The predicted octanol–water partition coefficient (Wildman–Crippen LogP) is 2.85. The molecular formula is C11H14ClNOS. The number of ether oxygens (including phenoxy) is 1. The topological polar surface area (TPSA) is 35.2 Å². The van der Waals surface area contributed by atoms with Crippen LogP contribution < -0.4 is 10.5 Å². The number of benzene rings is 1. The fourth-order valence-corrected chi connectivity index (χ4v) is 2.16. The summed E-state index contributed by atoms with van der Waals surface area (Å²) >= 11 is 8.00. The van der Waals surface area contributed by atoms with E-state index in [9.17, 15) is 0 Å². The third-order valence-corrected chi connectivity index (χ3v) is 3.89. The third kappa shape index (κ3) is 2.60. The fourth-order valence-electron chi connectivity index (χ4n) is 1.36. The number of hydrogen-bond acceptors (Lipinski definition) is 3. The van der Waals surface area contributed by atoms with E-state index in [1.807, 2.05) is 36.9 Å². The Hall–Kier alpha value is -0.380. The first-order valence-electron chi connectivity index (χ1n) is 4.96. The molecule has 1 aromatic rings. The van der Waals surface area contributed by atoms with Crippen LogP contribution in [0.25, 0.3) is 0 Å². The fraction of sp³-hybridized carbons (Fsp3) is 0.455. The quantitative estimate of drug-likeness (QED) is 0.887. The SMILES string of the molecule is CC(N)c1ccc(OC2CSC2)c(Cl)c1. The lowest BCUT2D eigenvalue weighted by atomic mass is 10.1. The van der Waals surface area contributed by atoms with Gasteiger partial charge in [0.15, 0.2) is 0 Å². The second kappa shape index (κ2) is 4.64. The average Bonchev–Trinajstić information content (AvgIpc) is 2.12. The number of halogens is 1. The molecule has 2 nitrogen and oxygen atoms in total. The van der Waals surface area contributed by atoms with Crippen LogP contribution in [0.15, 0.2) is 18.2 Å². The summed E-state index contributed by atoms with van der Waals surface area (Å²) in [5.74, 6) is 2.89. The molecule has 1 atom stereocenters. The van der Waals surface area contributed by atoms with Crippen LogP contribution in [0.2, 0.25) is 5.02 Å². The van der Waals surface area contributed by atoms with E-state index in [1.165, 1.54) is 0 Å². The first kappa shape index (κ1) is 11.1. The molecule has 2 N–H and O–H groups in total. The second-order valence-corrected chi connectivity index (χ2v) is 5.24. The number of rotatable bonds is 3. The molecule has 1 fully saturated rings. The third-order valence-electron chi connectivity index (χ3n) is 2.38. The van der Waals surface area contributed by atoms with Gasteiger partial charge in [-0.1, -0.05) is 17.7 Å². The van der Waals surface area contributed by atoms with E-state index in [-0.39, 0.29) is 6.04 Å². The van der Waals surface area contributed by atoms with Crippen LogP contribution in [0.3, 0.4) is 0 Å². The van der Waals surface area contributed by atoms with Crippen LogP contribution >= 0.6 is 23.4 Å². The molecule has 0 radical (unpaired) electrons. The molecule has 0 amide bonds. The number of thioether (sulfide) groups is 1. The Morgan fingerprint density at radius 1 is 1.53 bits per heavy atom. The van der Waals surface area contributed by atoms with Crippen LogP contribution in [-0.2, 0) is 0 Å². The number of nitrogens with two attached hydrogens (primary N) is 1. The van der Waals surface area contributed by atoms with Crippen molar-refractivity contribution in [3.05, 3.63) is 28.8 Å². The molecule has 4 heteroatoms. The van der Waals surface area contributed by atoms with Crippen molar-refractivity contribution in [2.75, 3.05) is 11.5 Å². The lowest BCUT2D eigenvalue weighted by Gasteiger charge is -2.26. The molecule has 82 valence electrons. The maximum absolute atomic E-state index is 6.11. The van der Waals surface area contributed by atoms with E-state index in [2.05, 4.69) is 0 Å². The zero-order valence-electron chi connectivity index (χ0n) is 8.57. The van der Waals surface area contributed by atoms with E-state index in [0.717, 1.165) is 22.8 Å². The Bertz CT molecular complexity index is 352. The van der Waals surface area contributed by atoms with Crippen molar-refractivity contribution < 1.29 is 4.74 Å². The standard InChI is InChI=1S/C11H14ClNOS/c1-7(13)8-2-3-11(10(12)4-8)14-9-5-15-6-9/h2-4,7,9H,5-6,13H2,1H3. The van der Waals surface area contributed by atoms with Gasteiger partial charge in [-0.3, -0.25) is 0 Å². The molecule has 0 aromatic heterocycles. The summed E-state index contributed by atoms with van der Waals surface area (Å²) in [7, 11) is 0. The molecule has 2 rings (SSSR count). The summed E-state index contributed by atoms with van der Waals surface area (Å²) in [5.41, 5.74) is 6.81. The van der Waals surface area contributed by atoms with Gasteiger partial charge < -0.3 is 10.5 Å². The summed E-state index contributed by atoms with van der Waals surface area (Å²) in [6.45, 7) is 1.94. The maximum atomic E-state index is 6.11. The van der Waals surface area contributed by atoms with Gasteiger partial charge in [0, 0.05) is 17.5 Å². The minimum absolute atomic E-state index is 0.0100. The Morgan fingerprint density at radius 2 is 2.27 bits per heavy atom. The first-order chi connectivity index (χ1) is 7.16. The molecule has 1 heterocycles. The van der Waals surface area contributed by atoms with Gasteiger partial charge in [0.05, 0.1) is 5.02 Å². The molecule has 15 heavy (non-hydrogen) atoms. The monoisotopic (exact) mass is 243 g/mol. The van der Waals surface area contributed by atoms with Gasteiger partial charge in [0.25, 0.3) is 0 Å². The van der Waals surface area contributed by atoms with E-state index in [1.54, 1.807) is 0 Å². The highest BCUT2D eigenvalue weighted by atomic mass is 35.5. The van der Waals surface area contributed by atoms with Gasteiger partial charge in [-0.15, -0.1) is 0 Å². The average molecular weight is 244 g/mol. The molecule has 1 aromatic carbocycles. The molecule has 0 aliphatic carbocycles. The smallest absolute Gasteiger partial charge is 0.138 e. The van der Waals surface area contributed by atoms with Gasteiger partial charge in [-0.05, 0) is 24.6 Å². The Balaban J connectivity index is 2.11. The lowest BCUT2D eigenvalue weighted by molar-refractivity contribution is 0.240. The maximum Gasteiger partial charge on any atom is 0.138 e. The number of hydrogen-bond donors (Lipinski definition) is 1. The van der Waals surface area contributed by atoms with Crippen molar-refractivity contribution in [1.82, 2.24) is 0 Å². The molecule has 1 unspecified atom stereocenters. The zero-order valence-corrected chi connectivity index (χ0v) is 10.1. The Morgan fingerprint density at radius 3 is 2.73 bits per heavy atom. The Labute approximate surface area is 99.1 Å². The molecule has 1 saturated heterocycles. The zero-order chi connectivity index (χ0) is 10.8. The normalized spacial score (nSPS) is 18.3. The Kier molecular flexibility index (Phi) is 3.44. The van der Waals surface area contributed by atoms with Crippen LogP contribution in [0.4, 0.5) is 0 Å². The van der Waals surface area contributed by atoms with Crippen molar-refractivity contribution in [2.24, 2.45) is 5.73 Å².